The number of carbonyl (C=O) groups excluding carboxylic acids is 3. The zero-order valence-electron chi connectivity index (χ0n) is 15.1. The number of halogens is 2. The van der Waals surface area contributed by atoms with E-state index < -0.39 is 68.3 Å². The van der Waals surface area contributed by atoms with Gasteiger partial charge in [0.2, 0.25) is 5.91 Å². The number of nitrogens with one attached hydrogen (secondary N) is 2. The molecular formula is C16H15BCl2N2O9. The maximum Gasteiger partial charge on any atom is 0.548 e. The lowest BCUT2D eigenvalue weighted by Gasteiger charge is -2.34. The molecule has 2 amide bonds. The molecule has 1 fully saturated rings. The molecule has 1 heterocycles. The minimum absolute atomic E-state index is 0.0569. The maximum atomic E-state index is 12.1. The molecule has 4 N–H and O–H groups in total. The van der Waals surface area contributed by atoms with E-state index >= 15 is 0 Å². The number of rotatable bonds is 8. The first-order valence-electron chi connectivity index (χ1n) is 8.35. The predicted molar refractivity (Wildman–Crippen MR) is 102 cm³/mol. The maximum absolute atomic E-state index is 12.1. The van der Waals surface area contributed by atoms with E-state index in [0.29, 0.717) is 0 Å². The average molecular weight is 461 g/mol. The number of aliphatic carboxylic acids is 2. The Morgan fingerprint density at radius 1 is 1.17 bits per heavy atom. The van der Waals surface area contributed by atoms with Crippen molar-refractivity contribution < 1.29 is 43.5 Å². The Balaban J connectivity index is 1.91. The minimum atomic E-state index is -2.31. The van der Waals surface area contributed by atoms with Gasteiger partial charge in [0, 0.05) is 5.02 Å². The molecule has 1 aromatic rings. The molecule has 1 saturated heterocycles. The summed E-state index contributed by atoms with van der Waals surface area (Å²) in [6, 6.07) is 4.22. The number of hydrogen-bond acceptors (Lipinski definition) is 7. The van der Waals surface area contributed by atoms with Crippen LogP contribution in [-0.2, 0) is 28.5 Å². The Bertz CT molecular complexity index is 893. The first-order valence-corrected chi connectivity index (χ1v) is 9.10. The number of hydrogen-bond donors (Lipinski definition) is 4. The van der Waals surface area contributed by atoms with Crippen molar-refractivity contribution in [2.45, 2.75) is 18.4 Å². The van der Waals surface area contributed by atoms with Crippen LogP contribution in [0.15, 0.2) is 18.2 Å². The molecule has 11 nitrogen and oxygen atoms in total. The second-order valence-electron chi connectivity index (χ2n) is 6.19. The van der Waals surface area contributed by atoms with E-state index in [-0.39, 0.29) is 15.6 Å². The van der Waals surface area contributed by atoms with Gasteiger partial charge in [-0.2, -0.15) is 0 Å². The van der Waals surface area contributed by atoms with Crippen LogP contribution in [0.5, 0.6) is 0 Å². The van der Waals surface area contributed by atoms with Gasteiger partial charge in [0.15, 0.2) is 5.60 Å². The molecule has 1 aliphatic heterocycles. The van der Waals surface area contributed by atoms with Crippen molar-refractivity contribution in [3.8, 4) is 0 Å². The Kier molecular flexibility index (Phi) is 7.65. The van der Waals surface area contributed by atoms with E-state index in [1.807, 2.05) is 0 Å². The number of amides is 2. The molecule has 0 bridgehead atoms. The molecular weight excluding hydrogens is 446 g/mol. The van der Waals surface area contributed by atoms with Crippen molar-refractivity contribution in [1.29, 1.82) is 0 Å². The third-order valence-electron chi connectivity index (χ3n) is 3.92. The standard InChI is InChI=1S/C16H15BCl2N2O9/c18-8-1-2-10(19)9(3-8)14(26)20-6-11(22)21-7-17-29-13(25)5-16(30-17,15(27)28)4-12(23)24/h1-3H,4-7H2,(H,20,26)(H,21,22)(H,23,24)(H,27,28). The Morgan fingerprint density at radius 3 is 2.50 bits per heavy atom. The highest BCUT2D eigenvalue weighted by molar-refractivity contribution is 6.48. The summed E-state index contributed by atoms with van der Waals surface area (Å²) < 4.78 is 9.93. The van der Waals surface area contributed by atoms with Crippen LogP contribution < -0.4 is 10.6 Å². The predicted octanol–water partition coefficient (Wildman–Crippen LogP) is 0.128. The summed E-state index contributed by atoms with van der Waals surface area (Å²) in [6.45, 7) is -0.485. The largest absolute Gasteiger partial charge is 0.548 e. The van der Waals surface area contributed by atoms with Crippen molar-refractivity contribution in [2.75, 3.05) is 13.0 Å². The minimum Gasteiger partial charge on any atom is -0.508 e. The third-order valence-corrected chi connectivity index (χ3v) is 4.49. The zero-order chi connectivity index (χ0) is 22.5. The summed E-state index contributed by atoms with van der Waals surface area (Å²) in [7, 11) is -1.52. The monoisotopic (exact) mass is 460 g/mol. The normalized spacial score (nSPS) is 18.3. The first kappa shape index (κ1) is 23.5. The molecule has 1 unspecified atom stereocenters. The van der Waals surface area contributed by atoms with Gasteiger partial charge in [-0.1, -0.05) is 23.2 Å². The average Bonchev–Trinajstić information content (AvgIpc) is 2.65. The lowest BCUT2D eigenvalue weighted by Crippen LogP contribution is -2.57. The highest BCUT2D eigenvalue weighted by Crippen LogP contribution is 2.27. The highest BCUT2D eigenvalue weighted by atomic mass is 35.5. The van der Waals surface area contributed by atoms with Crippen molar-refractivity contribution in [3.63, 3.8) is 0 Å². The highest BCUT2D eigenvalue weighted by Gasteiger charge is 2.52. The topological polar surface area (TPSA) is 168 Å². The summed E-state index contributed by atoms with van der Waals surface area (Å²) >= 11 is 11.7. The van der Waals surface area contributed by atoms with E-state index in [1.165, 1.54) is 18.2 Å². The molecule has 0 radical (unpaired) electrons. The third kappa shape index (κ3) is 6.08. The van der Waals surface area contributed by atoms with Gasteiger partial charge in [-0.25, -0.2) is 4.79 Å². The van der Waals surface area contributed by atoms with Crippen molar-refractivity contribution in [2.24, 2.45) is 0 Å². The van der Waals surface area contributed by atoms with Gasteiger partial charge in [-0.05, 0) is 18.2 Å². The quantitative estimate of drug-likeness (QED) is 0.394. The van der Waals surface area contributed by atoms with Gasteiger partial charge in [0.25, 0.3) is 11.9 Å². The van der Waals surface area contributed by atoms with E-state index in [4.69, 9.17) is 37.6 Å². The molecule has 1 aromatic carbocycles. The van der Waals surface area contributed by atoms with Crippen LogP contribution in [0.4, 0.5) is 0 Å². The van der Waals surface area contributed by atoms with Gasteiger partial charge < -0.3 is 30.2 Å². The van der Waals surface area contributed by atoms with Gasteiger partial charge in [-0.15, -0.1) is 0 Å². The van der Waals surface area contributed by atoms with Crippen LogP contribution in [0.2, 0.25) is 10.0 Å². The summed E-state index contributed by atoms with van der Waals surface area (Å²) in [5.41, 5.74) is -2.25. The van der Waals surface area contributed by atoms with Gasteiger partial charge in [-0.3, -0.25) is 19.2 Å². The molecule has 1 atom stereocenters. The lowest BCUT2D eigenvalue weighted by molar-refractivity contribution is -0.174. The van der Waals surface area contributed by atoms with Crippen LogP contribution in [0.1, 0.15) is 23.2 Å². The second kappa shape index (κ2) is 9.78. The van der Waals surface area contributed by atoms with E-state index in [1.54, 1.807) is 0 Å². The second-order valence-corrected chi connectivity index (χ2v) is 7.04. The molecule has 30 heavy (non-hydrogen) atoms. The molecule has 160 valence electrons. The number of benzene rings is 1. The molecule has 2 rings (SSSR count). The van der Waals surface area contributed by atoms with Crippen LogP contribution in [0, 0.1) is 0 Å². The Labute approximate surface area is 179 Å². The van der Waals surface area contributed by atoms with Crippen LogP contribution in [-0.4, -0.2) is 65.6 Å². The van der Waals surface area contributed by atoms with E-state index in [9.17, 15) is 29.1 Å². The number of carbonyl (C=O) groups is 5. The van der Waals surface area contributed by atoms with Crippen LogP contribution in [0.3, 0.4) is 0 Å². The Hall–Kier alpha value is -2.83. The summed E-state index contributed by atoms with van der Waals surface area (Å²) in [4.78, 5) is 58.1. The van der Waals surface area contributed by atoms with Crippen LogP contribution >= 0.6 is 23.2 Å². The van der Waals surface area contributed by atoms with Gasteiger partial charge in [0.1, 0.15) is 0 Å². The van der Waals surface area contributed by atoms with Crippen molar-refractivity contribution >= 4 is 60.0 Å². The SMILES string of the molecule is O=C(O)CC1(C(=O)O)CC(=O)OB(CNC(=O)CNC(=O)c2cc(Cl)ccc2Cl)O1. The fourth-order valence-corrected chi connectivity index (χ4v) is 2.93. The summed E-state index contributed by atoms with van der Waals surface area (Å²) in [5, 5.41) is 23.2. The smallest absolute Gasteiger partial charge is 0.508 e. The number of carboxylic acid groups (broad SMARTS) is 2. The summed E-state index contributed by atoms with van der Waals surface area (Å²) in [5.74, 6) is -5.51. The fourth-order valence-electron chi connectivity index (χ4n) is 2.56. The van der Waals surface area contributed by atoms with Gasteiger partial charge >= 0.3 is 19.1 Å². The molecule has 0 aliphatic carbocycles. The molecule has 14 heteroatoms. The first-order chi connectivity index (χ1) is 14.0. The molecule has 0 aromatic heterocycles. The fraction of sp³-hybridized carbons (Fsp3) is 0.312. The van der Waals surface area contributed by atoms with E-state index in [2.05, 4.69) is 10.6 Å². The molecule has 1 aliphatic rings. The molecule has 0 spiro atoms. The zero-order valence-corrected chi connectivity index (χ0v) is 16.7. The van der Waals surface area contributed by atoms with Gasteiger partial charge in [0.05, 0.1) is 36.4 Å². The van der Waals surface area contributed by atoms with E-state index in [0.717, 1.165) is 0 Å². The number of carboxylic acids is 2. The Morgan fingerprint density at radius 2 is 1.87 bits per heavy atom. The molecule has 0 saturated carbocycles. The summed E-state index contributed by atoms with van der Waals surface area (Å²) in [6.07, 6.45) is -2.24. The van der Waals surface area contributed by atoms with Crippen molar-refractivity contribution in [1.82, 2.24) is 10.6 Å². The van der Waals surface area contributed by atoms with Crippen molar-refractivity contribution in [3.05, 3.63) is 33.8 Å². The van der Waals surface area contributed by atoms with Crippen LogP contribution in [0.25, 0.3) is 0 Å². The lowest BCUT2D eigenvalue weighted by atomic mass is 9.82.